The van der Waals surface area contributed by atoms with Crippen LogP contribution in [0, 0.1) is 10.1 Å². The molecule has 0 aliphatic carbocycles. The van der Waals surface area contributed by atoms with Crippen LogP contribution in [0.1, 0.15) is 43.0 Å². The first-order chi connectivity index (χ1) is 18.8. The summed E-state index contributed by atoms with van der Waals surface area (Å²) in [7, 11) is 0. The summed E-state index contributed by atoms with van der Waals surface area (Å²) >= 11 is 0. The summed E-state index contributed by atoms with van der Waals surface area (Å²) < 4.78 is 16.2. The molecule has 0 unspecified atom stereocenters. The summed E-state index contributed by atoms with van der Waals surface area (Å²) in [5, 5.41) is 18.8. The van der Waals surface area contributed by atoms with Gasteiger partial charge in [-0.05, 0) is 93.3 Å². The third-order valence-electron chi connectivity index (χ3n) is 5.37. The van der Waals surface area contributed by atoms with Crippen molar-refractivity contribution < 1.29 is 28.7 Å². The van der Waals surface area contributed by atoms with E-state index >= 15 is 0 Å². The molecule has 0 heterocycles. The predicted octanol–water partition coefficient (Wildman–Crippen LogP) is 7.29. The molecule has 0 radical (unpaired) electrons. The Morgan fingerprint density at radius 1 is 0.795 bits per heavy atom. The zero-order valence-corrected chi connectivity index (χ0v) is 21.6. The largest absolute Gasteiger partial charge is 0.494 e. The van der Waals surface area contributed by atoms with Crippen LogP contribution in [0.5, 0.6) is 11.5 Å². The van der Waals surface area contributed by atoms with Gasteiger partial charge in [-0.3, -0.25) is 10.1 Å². The van der Waals surface area contributed by atoms with Crippen molar-refractivity contribution in [3.63, 3.8) is 0 Å². The second-order valence-corrected chi connectivity index (χ2v) is 8.56. The molecular weight excluding hydrogens is 502 g/mol. The first-order valence-corrected chi connectivity index (χ1v) is 12.4. The van der Waals surface area contributed by atoms with E-state index < -0.39 is 10.9 Å². The summed E-state index contributed by atoms with van der Waals surface area (Å²) in [6.45, 7) is 6.10. The molecule has 0 aromatic heterocycles. The third kappa shape index (κ3) is 9.84. The van der Waals surface area contributed by atoms with Crippen molar-refractivity contribution >= 4 is 29.0 Å². The fourth-order valence-corrected chi connectivity index (χ4v) is 3.23. The number of esters is 2. The second kappa shape index (κ2) is 14.8. The number of unbranched alkanes of at least 4 members (excludes halogenated alkanes) is 3. The SMILES string of the molecule is C=C(C)C(=O)OCCCCCCOc1ccc(C(=O)Oc2ccc(N=Nc3ccc([N+](=O)[O-])cc3)cc2)cc1. The van der Waals surface area contributed by atoms with Gasteiger partial charge in [-0.15, -0.1) is 0 Å². The van der Waals surface area contributed by atoms with Gasteiger partial charge in [0, 0.05) is 17.7 Å². The molecule has 0 saturated heterocycles. The number of benzene rings is 3. The number of rotatable bonds is 14. The molecule has 0 amide bonds. The van der Waals surface area contributed by atoms with Crippen molar-refractivity contribution in [2.45, 2.75) is 32.6 Å². The van der Waals surface area contributed by atoms with Gasteiger partial charge in [0.05, 0.1) is 35.1 Å². The number of carbonyl (C=O) groups excluding carboxylic acids is 2. The van der Waals surface area contributed by atoms with E-state index in [1.165, 1.54) is 24.3 Å². The Labute approximate surface area is 226 Å². The monoisotopic (exact) mass is 531 g/mol. The number of ether oxygens (including phenoxy) is 3. The maximum absolute atomic E-state index is 12.5. The lowest BCUT2D eigenvalue weighted by molar-refractivity contribution is -0.384. The number of non-ortho nitro benzene ring substituents is 1. The highest BCUT2D eigenvalue weighted by Gasteiger charge is 2.09. The summed E-state index contributed by atoms with van der Waals surface area (Å²) in [5.74, 6) is 0.146. The number of hydrogen-bond acceptors (Lipinski definition) is 9. The van der Waals surface area contributed by atoms with E-state index in [0.29, 0.717) is 47.2 Å². The van der Waals surface area contributed by atoms with Gasteiger partial charge in [0.15, 0.2) is 0 Å². The smallest absolute Gasteiger partial charge is 0.343 e. The number of carbonyl (C=O) groups is 2. The van der Waals surface area contributed by atoms with Crippen LogP contribution < -0.4 is 9.47 Å². The highest BCUT2D eigenvalue weighted by atomic mass is 16.6. The Bertz CT molecular complexity index is 1300. The predicted molar refractivity (Wildman–Crippen MR) is 145 cm³/mol. The Morgan fingerprint density at radius 3 is 1.90 bits per heavy atom. The standard InChI is InChI=1S/C29H29N3O7/c1-21(2)28(33)38-20-6-4-3-5-19-37-26-15-7-22(8-16-26)29(34)39-27-17-11-24(12-18-27)31-30-23-9-13-25(14-10-23)32(35)36/h7-18H,1,3-6,19-20H2,2H3. The van der Waals surface area contributed by atoms with E-state index in [-0.39, 0.29) is 11.7 Å². The van der Waals surface area contributed by atoms with Crippen LogP contribution in [0.2, 0.25) is 0 Å². The summed E-state index contributed by atoms with van der Waals surface area (Å²) in [5.41, 5.74) is 1.77. The minimum Gasteiger partial charge on any atom is -0.494 e. The van der Waals surface area contributed by atoms with Gasteiger partial charge < -0.3 is 14.2 Å². The molecule has 0 spiro atoms. The number of nitro groups is 1. The number of nitrogens with zero attached hydrogens (tertiary/aromatic N) is 3. The molecule has 0 aliphatic rings. The zero-order chi connectivity index (χ0) is 28.0. The van der Waals surface area contributed by atoms with Crippen LogP contribution in [-0.2, 0) is 9.53 Å². The van der Waals surface area contributed by atoms with Gasteiger partial charge in [-0.2, -0.15) is 10.2 Å². The second-order valence-electron chi connectivity index (χ2n) is 8.56. The average molecular weight is 532 g/mol. The van der Waals surface area contributed by atoms with Crippen LogP contribution in [0.3, 0.4) is 0 Å². The molecule has 10 heteroatoms. The van der Waals surface area contributed by atoms with Gasteiger partial charge in [0.2, 0.25) is 0 Å². The summed E-state index contributed by atoms with van der Waals surface area (Å²) in [6, 6.07) is 18.9. The lowest BCUT2D eigenvalue weighted by Gasteiger charge is -2.08. The molecule has 0 aliphatic heterocycles. The van der Waals surface area contributed by atoms with E-state index in [9.17, 15) is 19.7 Å². The average Bonchev–Trinajstić information content (AvgIpc) is 2.94. The van der Waals surface area contributed by atoms with Crippen LogP contribution in [0.15, 0.2) is 95.2 Å². The van der Waals surface area contributed by atoms with E-state index in [2.05, 4.69) is 16.8 Å². The molecule has 39 heavy (non-hydrogen) atoms. The van der Waals surface area contributed by atoms with Crippen molar-refractivity contribution in [2.75, 3.05) is 13.2 Å². The van der Waals surface area contributed by atoms with Crippen LogP contribution >= 0.6 is 0 Å². The summed E-state index contributed by atoms with van der Waals surface area (Å²) in [4.78, 5) is 34.0. The van der Waals surface area contributed by atoms with Gasteiger partial charge in [-0.1, -0.05) is 6.58 Å². The number of azo groups is 1. The lowest BCUT2D eigenvalue weighted by atomic mass is 10.2. The third-order valence-corrected chi connectivity index (χ3v) is 5.37. The maximum atomic E-state index is 12.5. The van der Waals surface area contributed by atoms with E-state index in [1.807, 2.05) is 0 Å². The van der Waals surface area contributed by atoms with Crippen LogP contribution in [0.4, 0.5) is 17.1 Å². The fourth-order valence-electron chi connectivity index (χ4n) is 3.23. The Kier molecular flexibility index (Phi) is 10.9. The maximum Gasteiger partial charge on any atom is 0.343 e. The molecule has 0 fully saturated rings. The normalized spacial score (nSPS) is 10.7. The van der Waals surface area contributed by atoms with Crippen LogP contribution in [0.25, 0.3) is 0 Å². The number of hydrogen-bond donors (Lipinski definition) is 0. The van der Waals surface area contributed by atoms with Crippen molar-refractivity contribution in [1.29, 1.82) is 0 Å². The minimum atomic E-state index is -0.505. The molecular formula is C29H29N3O7. The molecule has 10 nitrogen and oxygen atoms in total. The minimum absolute atomic E-state index is 0.0220. The van der Waals surface area contributed by atoms with Gasteiger partial charge in [-0.25, -0.2) is 9.59 Å². The van der Waals surface area contributed by atoms with Crippen LogP contribution in [-0.4, -0.2) is 30.1 Å². The molecule has 3 aromatic carbocycles. The Hall–Kier alpha value is -4.86. The van der Waals surface area contributed by atoms with Crippen molar-refractivity contribution in [3.05, 3.63) is 101 Å². The highest BCUT2D eigenvalue weighted by Crippen LogP contribution is 2.24. The molecule has 0 N–H and O–H groups in total. The highest BCUT2D eigenvalue weighted by molar-refractivity contribution is 5.91. The van der Waals surface area contributed by atoms with E-state index in [1.54, 1.807) is 55.5 Å². The lowest BCUT2D eigenvalue weighted by Crippen LogP contribution is -2.08. The first kappa shape index (κ1) is 28.7. The molecule has 0 saturated carbocycles. The number of nitro benzene ring substituents is 1. The van der Waals surface area contributed by atoms with Crippen molar-refractivity contribution in [1.82, 2.24) is 0 Å². The Balaban J connectivity index is 1.37. The van der Waals surface area contributed by atoms with Crippen molar-refractivity contribution in [2.24, 2.45) is 10.2 Å². The summed E-state index contributed by atoms with van der Waals surface area (Å²) in [6.07, 6.45) is 3.54. The van der Waals surface area contributed by atoms with Crippen molar-refractivity contribution in [3.8, 4) is 11.5 Å². The first-order valence-electron chi connectivity index (χ1n) is 12.4. The fraction of sp³-hybridized carbons (Fsp3) is 0.241. The topological polar surface area (TPSA) is 130 Å². The molecule has 3 rings (SSSR count). The quantitative estimate of drug-likeness (QED) is 0.0406. The van der Waals surface area contributed by atoms with E-state index in [4.69, 9.17) is 14.2 Å². The van der Waals surface area contributed by atoms with E-state index in [0.717, 1.165) is 25.7 Å². The Morgan fingerprint density at radius 2 is 1.33 bits per heavy atom. The molecule has 0 bridgehead atoms. The molecule has 202 valence electrons. The van der Waals surface area contributed by atoms with Gasteiger partial charge >= 0.3 is 11.9 Å². The van der Waals surface area contributed by atoms with Gasteiger partial charge in [0.1, 0.15) is 11.5 Å². The molecule has 0 atom stereocenters. The van der Waals surface area contributed by atoms with Gasteiger partial charge in [0.25, 0.3) is 5.69 Å². The molecule has 3 aromatic rings. The zero-order valence-electron chi connectivity index (χ0n) is 21.6.